The summed E-state index contributed by atoms with van der Waals surface area (Å²) in [5.74, 6) is -1.46. The molecule has 2 aromatic carbocycles. The van der Waals surface area contributed by atoms with Crippen LogP contribution in [0.1, 0.15) is 42.3 Å². The number of nitrogens with one attached hydrogen (secondary N) is 2. The number of carbonyl (C=O) groups is 2. The van der Waals surface area contributed by atoms with Crippen LogP contribution < -0.4 is 10.7 Å². The lowest BCUT2D eigenvalue weighted by Gasteiger charge is -2.19. The van der Waals surface area contributed by atoms with Gasteiger partial charge in [-0.15, -0.1) is 0 Å². The van der Waals surface area contributed by atoms with E-state index in [9.17, 15) is 14.0 Å². The molecule has 0 aromatic heterocycles. The monoisotopic (exact) mass is 389 g/mol. The van der Waals surface area contributed by atoms with Gasteiger partial charge < -0.3 is 5.32 Å². The average molecular weight is 390 g/mol. The Morgan fingerprint density at radius 1 is 1.15 bits per heavy atom. The highest BCUT2D eigenvalue weighted by Gasteiger charge is 2.14. The summed E-state index contributed by atoms with van der Waals surface area (Å²) < 4.78 is 13.6. The lowest BCUT2D eigenvalue weighted by Crippen LogP contribution is -2.35. The first-order valence-corrected chi connectivity index (χ1v) is 8.71. The molecule has 0 bridgehead atoms. The second kappa shape index (κ2) is 8.77. The van der Waals surface area contributed by atoms with E-state index in [1.165, 1.54) is 18.2 Å². The molecule has 0 fully saturated rings. The summed E-state index contributed by atoms with van der Waals surface area (Å²) in [6, 6.07) is 11.4. The molecule has 0 heterocycles. The number of carbonyl (C=O) groups excluding carboxylic acids is 2. The Morgan fingerprint density at radius 3 is 2.41 bits per heavy atom. The average Bonchev–Trinajstić information content (AvgIpc) is 2.61. The largest absolute Gasteiger partial charge is 0.343 e. The minimum Gasteiger partial charge on any atom is -0.343 e. The van der Waals surface area contributed by atoms with Crippen LogP contribution in [0.5, 0.6) is 0 Å². The Morgan fingerprint density at radius 2 is 1.81 bits per heavy atom. The molecule has 2 aromatic rings. The van der Waals surface area contributed by atoms with Gasteiger partial charge in [0.25, 0.3) is 11.8 Å². The van der Waals surface area contributed by atoms with Crippen molar-refractivity contribution in [2.75, 3.05) is 6.54 Å². The molecular weight excluding hydrogens is 369 g/mol. The van der Waals surface area contributed by atoms with Crippen LogP contribution in [0.2, 0.25) is 5.02 Å². The molecule has 0 saturated heterocycles. The summed E-state index contributed by atoms with van der Waals surface area (Å²) in [5, 5.41) is 6.34. The zero-order valence-electron chi connectivity index (χ0n) is 15.3. The van der Waals surface area contributed by atoms with E-state index in [2.05, 4.69) is 36.6 Å². The van der Waals surface area contributed by atoms with Crippen molar-refractivity contribution in [3.8, 4) is 0 Å². The van der Waals surface area contributed by atoms with E-state index in [-0.39, 0.29) is 28.5 Å². The van der Waals surface area contributed by atoms with E-state index in [1.54, 1.807) is 12.1 Å². The Balaban J connectivity index is 1.86. The van der Waals surface area contributed by atoms with Crippen molar-refractivity contribution in [3.05, 3.63) is 70.0 Å². The summed E-state index contributed by atoms with van der Waals surface area (Å²) in [5.41, 5.74) is 3.84. The van der Waals surface area contributed by atoms with Gasteiger partial charge in [0.05, 0.1) is 17.8 Å². The second-order valence-electron chi connectivity index (χ2n) is 6.94. The number of hydrogen-bond donors (Lipinski definition) is 2. The Bertz CT molecular complexity index is 838. The van der Waals surface area contributed by atoms with Crippen LogP contribution in [0, 0.1) is 5.82 Å². The molecule has 0 aliphatic rings. The molecule has 0 atom stereocenters. The molecule has 27 heavy (non-hydrogen) atoms. The molecule has 2 N–H and O–H groups in total. The molecule has 0 saturated carbocycles. The van der Waals surface area contributed by atoms with Gasteiger partial charge in [0.1, 0.15) is 5.82 Å². The predicted octanol–water partition coefficient (Wildman–Crippen LogP) is 3.66. The van der Waals surface area contributed by atoms with Gasteiger partial charge in [0.15, 0.2) is 0 Å². The van der Waals surface area contributed by atoms with E-state index in [0.29, 0.717) is 5.56 Å². The standard InChI is InChI=1S/C20H21ClFN3O2/c1-20(2,3)14-9-7-13(8-10-14)19(27)23-12-18(26)25-24-11-15-16(21)5-4-6-17(15)22/h4-11H,12H2,1-3H3,(H,23,27)(H,25,26)/b24-11-. The molecule has 2 rings (SSSR count). The fraction of sp³-hybridized carbons (Fsp3) is 0.250. The van der Waals surface area contributed by atoms with Gasteiger partial charge in [0.2, 0.25) is 0 Å². The van der Waals surface area contributed by atoms with Crippen LogP contribution in [-0.2, 0) is 10.2 Å². The molecule has 0 radical (unpaired) electrons. The topological polar surface area (TPSA) is 70.6 Å². The maximum Gasteiger partial charge on any atom is 0.259 e. The van der Waals surface area contributed by atoms with Crippen LogP contribution in [-0.4, -0.2) is 24.6 Å². The number of halogens is 2. The van der Waals surface area contributed by atoms with E-state index in [0.717, 1.165) is 11.8 Å². The van der Waals surface area contributed by atoms with Crippen LogP contribution in [0.15, 0.2) is 47.6 Å². The van der Waals surface area contributed by atoms with Gasteiger partial charge in [-0.25, -0.2) is 9.82 Å². The maximum atomic E-state index is 13.6. The lowest BCUT2D eigenvalue weighted by atomic mass is 9.87. The van der Waals surface area contributed by atoms with Crippen molar-refractivity contribution in [1.82, 2.24) is 10.7 Å². The number of nitrogens with zero attached hydrogens (tertiary/aromatic N) is 1. The Labute approximate surface area is 162 Å². The fourth-order valence-corrected chi connectivity index (χ4v) is 2.44. The molecule has 0 aliphatic heterocycles. The number of benzene rings is 2. The van der Waals surface area contributed by atoms with Crippen molar-refractivity contribution in [2.24, 2.45) is 5.10 Å². The zero-order valence-corrected chi connectivity index (χ0v) is 16.1. The summed E-state index contributed by atoms with van der Waals surface area (Å²) in [6.07, 6.45) is 1.11. The zero-order chi connectivity index (χ0) is 20.0. The van der Waals surface area contributed by atoms with Crippen molar-refractivity contribution in [3.63, 3.8) is 0 Å². The normalized spacial score (nSPS) is 11.4. The van der Waals surface area contributed by atoms with Gasteiger partial charge in [-0.05, 0) is 35.2 Å². The van der Waals surface area contributed by atoms with Gasteiger partial charge in [-0.2, -0.15) is 5.10 Å². The Hall–Kier alpha value is -2.73. The van der Waals surface area contributed by atoms with E-state index in [1.807, 2.05) is 12.1 Å². The lowest BCUT2D eigenvalue weighted by molar-refractivity contribution is -0.120. The molecule has 5 nitrogen and oxygen atoms in total. The van der Waals surface area contributed by atoms with Gasteiger partial charge in [-0.3, -0.25) is 9.59 Å². The third-order valence-electron chi connectivity index (χ3n) is 3.81. The third-order valence-corrected chi connectivity index (χ3v) is 4.13. The second-order valence-corrected chi connectivity index (χ2v) is 7.35. The summed E-state index contributed by atoms with van der Waals surface area (Å²) in [7, 11) is 0. The van der Waals surface area contributed by atoms with Crippen LogP contribution in [0.3, 0.4) is 0 Å². The third kappa shape index (κ3) is 5.89. The van der Waals surface area contributed by atoms with Crippen LogP contribution in [0.25, 0.3) is 0 Å². The van der Waals surface area contributed by atoms with Crippen molar-refractivity contribution < 1.29 is 14.0 Å². The van der Waals surface area contributed by atoms with Gasteiger partial charge >= 0.3 is 0 Å². The van der Waals surface area contributed by atoms with Crippen molar-refractivity contribution in [2.45, 2.75) is 26.2 Å². The molecule has 142 valence electrons. The maximum absolute atomic E-state index is 13.6. The van der Waals surface area contributed by atoms with Gasteiger partial charge in [-0.1, -0.05) is 50.6 Å². The minimum atomic E-state index is -0.549. The van der Waals surface area contributed by atoms with E-state index >= 15 is 0 Å². The summed E-state index contributed by atoms with van der Waals surface area (Å²) >= 11 is 5.85. The predicted molar refractivity (Wildman–Crippen MR) is 105 cm³/mol. The summed E-state index contributed by atoms with van der Waals surface area (Å²) in [6.45, 7) is 5.99. The van der Waals surface area contributed by atoms with Gasteiger partial charge in [0, 0.05) is 11.1 Å². The highest BCUT2D eigenvalue weighted by Crippen LogP contribution is 2.22. The first-order chi connectivity index (χ1) is 12.7. The molecule has 0 aliphatic carbocycles. The molecular formula is C20H21ClFN3O2. The number of hydrazone groups is 1. The van der Waals surface area contributed by atoms with Crippen LogP contribution in [0.4, 0.5) is 4.39 Å². The number of hydrogen-bond acceptors (Lipinski definition) is 3. The fourth-order valence-electron chi connectivity index (χ4n) is 2.23. The quantitative estimate of drug-likeness (QED) is 0.605. The van der Waals surface area contributed by atoms with E-state index in [4.69, 9.17) is 11.6 Å². The number of rotatable bonds is 5. The van der Waals surface area contributed by atoms with Crippen molar-refractivity contribution >= 4 is 29.6 Å². The molecule has 7 heteroatoms. The highest BCUT2D eigenvalue weighted by molar-refractivity contribution is 6.33. The summed E-state index contributed by atoms with van der Waals surface area (Å²) in [4.78, 5) is 23.9. The Kier molecular flexibility index (Phi) is 6.69. The smallest absolute Gasteiger partial charge is 0.259 e. The SMILES string of the molecule is CC(C)(C)c1ccc(C(=O)NCC(=O)N/N=C\c2c(F)cccc2Cl)cc1. The van der Waals surface area contributed by atoms with Crippen molar-refractivity contribution in [1.29, 1.82) is 0 Å². The van der Waals surface area contributed by atoms with Crippen LogP contribution >= 0.6 is 11.6 Å². The number of amides is 2. The highest BCUT2D eigenvalue weighted by atomic mass is 35.5. The first-order valence-electron chi connectivity index (χ1n) is 8.33. The first kappa shape index (κ1) is 20.6. The molecule has 2 amide bonds. The molecule has 0 spiro atoms. The molecule has 0 unspecified atom stereocenters. The minimum absolute atomic E-state index is 0.00593. The van der Waals surface area contributed by atoms with E-state index < -0.39 is 11.7 Å².